The van der Waals surface area contributed by atoms with Crippen LogP contribution in [0.3, 0.4) is 0 Å². The van der Waals surface area contributed by atoms with Gasteiger partial charge in [0, 0.05) is 6.04 Å². The zero-order valence-corrected chi connectivity index (χ0v) is 17.1. The van der Waals surface area contributed by atoms with E-state index in [1.165, 1.54) is 41.9 Å². The highest BCUT2D eigenvalue weighted by Gasteiger charge is 2.35. The van der Waals surface area contributed by atoms with Gasteiger partial charge in [-0.25, -0.2) is 8.42 Å². The smallest absolute Gasteiger partial charge is 0.278 e. The van der Waals surface area contributed by atoms with Crippen LogP contribution in [0.2, 0.25) is 0 Å². The van der Waals surface area contributed by atoms with Crippen LogP contribution in [-0.2, 0) is 14.8 Å². The summed E-state index contributed by atoms with van der Waals surface area (Å²) >= 11 is 1.26. The molecule has 0 unspecified atom stereocenters. The zero-order valence-electron chi connectivity index (χ0n) is 15.4. The molecule has 26 heavy (non-hydrogen) atoms. The lowest BCUT2D eigenvalue weighted by Gasteiger charge is -2.34. The summed E-state index contributed by atoms with van der Waals surface area (Å²) in [5.74, 6) is 0.112. The van der Waals surface area contributed by atoms with Crippen molar-refractivity contribution in [1.82, 2.24) is 9.62 Å². The summed E-state index contributed by atoms with van der Waals surface area (Å²) in [5.41, 5.74) is 0. The number of carbonyl (C=O) groups is 1. The number of hydrogen-bond acceptors (Lipinski definition) is 4. The quantitative estimate of drug-likeness (QED) is 0.721. The molecule has 0 bridgehead atoms. The molecule has 2 aliphatic rings. The highest BCUT2D eigenvalue weighted by molar-refractivity contribution is 7.91. The van der Waals surface area contributed by atoms with Gasteiger partial charge in [0.1, 0.15) is 4.21 Å². The highest BCUT2D eigenvalue weighted by Crippen LogP contribution is 2.20. The molecule has 1 saturated carbocycles. The SMILES string of the molecule is C[C@H](C(=O)NC1CCCCCC1)[NH+]1CCN(S(=O)(=O)c2cccs2)CC1. The Balaban J connectivity index is 1.51. The Labute approximate surface area is 160 Å². The van der Waals surface area contributed by atoms with Gasteiger partial charge < -0.3 is 10.2 Å². The highest BCUT2D eigenvalue weighted by atomic mass is 32.2. The summed E-state index contributed by atoms with van der Waals surface area (Å²) in [5, 5.41) is 5.02. The maximum Gasteiger partial charge on any atom is 0.278 e. The van der Waals surface area contributed by atoms with Gasteiger partial charge in [0.2, 0.25) is 0 Å². The van der Waals surface area contributed by atoms with Gasteiger partial charge in [-0.15, -0.1) is 11.3 Å². The van der Waals surface area contributed by atoms with E-state index in [1.54, 1.807) is 21.8 Å². The van der Waals surface area contributed by atoms with Gasteiger partial charge in [-0.3, -0.25) is 4.79 Å². The number of piperazine rings is 1. The van der Waals surface area contributed by atoms with E-state index in [2.05, 4.69) is 5.32 Å². The lowest BCUT2D eigenvalue weighted by atomic mass is 10.1. The Bertz CT molecular complexity index is 675. The molecule has 2 N–H and O–H groups in total. The van der Waals surface area contributed by atoms with Gasteiger partial charge in [0.05, 0.1) is 26.2 Å². The topological polar surface area (TPSA) is 70.9 Å². The van der Waals surface area contributed by atoms with Gasteiger partial charge in [0.15, 0.2) is 6.04 Å². The molecule has 6 nitrogen and oxygen atoms in total. The van der Waals surface area contributed by atoms with Gasteiger partial charge in [-0.05, 0) is 31.2 Å². The van der Waals surface area contributed by atoms with Crippen LogP contribution in [-0.4, -0.2) is 56.9 Å². The minimum atomic E-state index is -3.38. The lowest BCUT2D eigenvalue weighted by Crippen LogP contribution is -3.19. The molecule has 1 aliphatic carbocycles. The Kier molecular flexibility index (Phi) is 6.71. The standard InChI is InChI=1S/C18H29N3O3S2/c1-15(18(22)19-16-7-4-2-3-5-8-16)20-10-12-21(13-11-20)26(23,24)17-9-6-14-25-17/h6,9,14-16H,2-5,7-8,10-13H2,1H3,(H,19,22)/p+1/t15-/m1/s1. The van der Waals surface area contributed by atoms with E-state index >= 15 is 0 Å². The van der Waals surface area contributed by atoms with Crippen LogP contribution in [0.25, 0.3) is 0 Å². The van der Waals surface area contributed by atoms with Gasteiger partial charge in [-0.1, -0.05) is 31.7 Å². The zero-order chi connectivity index (χ0) is 18.6. The number of carbonyl (C=O) groups excluding carboxylic acids is 1. The molecule has 146 valence electrons. The number of sulfonamides is 1. The fourth-order valence-corrected chi connectivity index (χ4v) is 6.51. The van der Waals surface area contributed by atoms with Crippen molar-refractivity contribution in [3.05, 3.63) is 17.5 Å². The second kappa shape index (κ2) is 8.82. The first-order chi connectivity index (χ1) is 12.5. The monoisotopic (exact) mass is 400 g/mol. The van der Waals surface area contributed by atoms with Crippen molar-refractivity contribution in [2.45, 2.75) is 61.7 Å². The van der Waals surface area contributed by atoms with Gasteiger partial charge in [-0.2, -0.15) is 4.31 Å². The number of rotatable bonds is 5. The number of nitrogens with zero attached hydrogens (tertiary/aromatic N) is 1. The van der Waals surface area contributed by atoms with E-state index in [-0.39, 0.29) is 11.9 Å². The van der Waals surface area contributed by atoms with Crippen LogP contribution in [0.5, 0.6) is 0 Å². The van der Waals surface area contributed by atoms with Crippen LogP contribution in [0.1, 0.15) is 45.4 Å². The van der Waals surface area contributed by atoms with E-state index in [1.807, 2.05) is 6.92 Å². The third-order valence-corrected chi connectivity index (χ3v) is 8.93. The largest absolute Gasteiger partial charge is 0.348 e. The second-order valence-electron chi connectivity index (χ2n) is 7.41. The number of quaternary nitrogens is 1. The number of thiophene rings is 1. The Hall–Kier alpha value is -0.960. The summed E-state index contributed by atoms with van der Waals surface area (Å²) < 4.78 is 27.2. The number of amides is 1. The third kappa shape index (κ3) is 4.65. The van der Waals surface area contributed by atoms with Crippen molar-refractivity contribution in [3.8, 4) is 0 Å². The van der Waals surface area contributed by atoms with Crippen molar-refractivity contribution in [2.24, 2.45) is 0 Å². The van der Waals surface area contributed by atoms with Crippen LogP contribution in [0.4, 0.5) is 0 Å². The minimum Gasteiger partial charge on any atom is -0.348 e. The summed E-state index contributed by atoms with van der Waals surface area (Å²) in [4.78, 5) is 13.8. The second-order valence-corrected chi connectivity index (χ2v) is 10.5. The van der Waals surface area contributed by atoms with Crippen LogP contribution in [0, 0.1) is 0 Å². The maximum absolute atomic E-state index is 12.6. The first kappa shape index (κ1) is 19.8. The molecule has 1 atom stereocenters. The molecule has 1 aromatic heterocycles. The van der Waals surface area contributed by atoms with Crippen LogP contribution in [0.15, 0.2) is 21.7 Å². The summed E-state index contributed by atoms with van der Waals surface area (Å²) in [6, 6.07) is 3.60. The normalized spacial score (nSPS) is 22.7. The molecule has 0 aromatic carbocycles. The first-order valence-corrected chi connectivity index (χ1v) is 12.0. The third-order valence-electron chi connectivity index (χ3n) is 5.66. The molecular formula is C18H30N3O3S2+. The first-order valence-electron chi connectivity index (χ1n) is 9.67. The van der Waals surface area contributed by atoms with E-state index in [0.29, 0.717) is 36.4 Å². The lowest BCUT2D eigenvalue weighted by molar-refractivity contribution is -0.917. The van der Waals surface area contributed by atoms with Crippen LogP contribution < -0.4 is 10.2 Å². The van der Waals surface area contributed by atoms with Crippen molar-refractivity contribution in [3.63, 3.8) is 0 Å². The molecule has 2 heterocycles. The van der Waals surface area contributed by atoms with Crippen LogP contribution >= 0.6 is 11.3 Å². The van der Waals surface area contributed by atoms with Gasteiger partial charge >= 0.3 is 0 Å². The van der Waals surface area contributed by atoms with Crippen molar-refractivity contribution in [2.75, 3.05) is 26.2 Å². The average molecular weight is 401 g/mol. The maximum atomic E-state index is 12.6. The average Bonchev–Trinajstić information content (AvgIpc) is 3.08. The Morgan fingerprint density at radius 2 is 1.88 bits per heavy atom. The predicted molar refractivity (Wildman–Crippen MR) is 103 cm³/mol. The fourth-order valence-electron chi connectivity index (χ4n) is 3.92. The fraction of sp³-hybridized carbons (Fsp3) is 0.722. The minimum absolute atomic E-state index is 0.112. The molecule has 0 spiro atoms. The number of nitrogens with one attached hydrogen (secondary N) is 2. The van der Waals surface area contributed by atoms with E-state index in [4.69, 9.17) is 0 Å². The summed E-state index contributed by atoms with van der Waals surface area (Å²) in [7, 11) is -3.38. The molecule has 1 amide bonds. The molecule has 3 rings (SSSR count). The van der Waals surface area contributed by atoms with Gasteiger partial charge in [0.25, 0.3) is 15.9 Å². The molecular weight excluding hydrogens is 370 g/mol. The van der Waals surface area contributed by atoms with E-state index < -0.39 is 10.0 Å². The number of hydrogen-bond donors (Lipinski definition) is 2. The van der Waals surface area contributed by atoms with Crippen molar-refractivity contribution >= 4 is 27.3 Å². The molecule has 8 heteroatoms. The van der Waals surface area contributed by atoms with Crippen molar-refractivity contribution < 1.29 is 18.1 Å². The molecule has 2 fully saturated rings. The molecule has 1 aliphatic heterocycles. The summed E-state index contributed by atoms with van der Waals surface area (Å²) in [6.07, 6.45) is 7.11. The predicted octanol–water partition coefficient (Wildman–Crippen LogP) is 0.865. The van der Waals surface area contributed by atoms with Crippen molar-refractivity contribution in [1.29, 1.82) is 0 Å². The Morgan fingerprint density at radius 1 is 1.23 bits per heavy atom. The molecule has 1 saturated heterocycles. The Morgan fingerprint density at radius 3 is 2.46 bits per heavy atom. The summed E-state index contributed by atoms with van der Waals surface area (Å²) in [6.45, 7) is 4.24. The molecule has 0 radical (unpaired) electrons. The molecule has 1 aromatic rings. The van der Waals surface area contributed by atoms with E-state index in [0.717, 1.165) is 12.8 Å². The van der Waals surface area contributed by atoms with E-state index in [9.17, 15) is 13.2 Å².